The van der Waals surface area contributed by atoms with Crippen molar-refractivity contribution in [1.82, 2.24) is 5.32 Å². The van der Waals surface area contributed by atoms with Crippen LogP contribution in [-0.4, -0.2) is 18.2 Å². The fourth-order valence-electron chi connectivity index (χ4n) is 2.80. The fourth-order valence-corrected chi connectivity index (χ4v) is 2.80. The van der Waals surface area contributed by atoms with Crippen LogP contribution in [0.25, 0.3) is 0 Å². The van der Waals surface area contributed by atoms with Crippen molar-refractivity contribution in [2.75, 3.05) is 6.54 Å². The monoisotopic (exact) mass is 269 g/mol. The lowest BCUT2D eigenvalue weighted by atomic mass is 9.94. The molecular formula is C16H31NO2. The van der Waals surface area contributed by atoms with E-state index in [0.29, 0.717) is 23.5 Å². The molecule has 2 aliphatic rings. The van der Waals surface area contributed by atoms with E-state index in [4.69, 9.17) is 0 Å². The maximum absolute atomic E-state index is 11.0. The Morgan fingerprint density at radius 3 is 1.79 bits per heavy atom. The van der Waals surface area contributed by atoms with Crippen LogP contribution >= 0.6 is 0 Å². The Morgan fingerprint density at radius 1 is 1.00 bits per heavy atom. The lowest BCUT2D eigenvalue weighted by molar-refractivity contribution is -0.123. The highest BCUT2D eigenvalue weighted by molar-refractivity contribution is 5.83. The SMILES string of the molecule is C.CC(C)[C@@H]1CCCC1=O.CC(C)[C@H]1CCNC1=O. The zero-order valence-corrected chi connectivity index (χ0v) is 12.2. The van der Waals surface area contributed by atoms with Crippen molar-refractivity contribution in [3.05, 3.63) is 0 Å². The number of carbonyl (C=O) groups is 2. The minimum Gasteiger partial charge on any atom is -0.356 e. The van der Waals surface area contributed by atoms with E-state index in [1.807, 2.05) is 0 Å². The van der Waals surface area contributed by atoms with Crippen molar-refractivity contribution in [2.45, 2.75) is 60.8 Å². The van der Waals surface area contributed by atoms with Gasteiger partial charge in [-0.15, -0.1) is 0 Å². The highest BCUT2D eigenvalue weighted by Gasteiger charge is 2.27. The molecule has 3 heteroatoms. The summed E-state index contributed by atoms with van der Waals surface area (Å²) in [7, 11) is 0. The molecule has 0 aromatic heterocycles. The zero-order chi connectivity index (χ0) is 13.7. The van der Waals surface area contributed by atoms with Crippen LogP contribution < -0.4 is 5.32 Å². The van der Waals surface area contributed by atoms with E-state index in [1.165, 1.54) is 0 Å². The van der Waals surface area contributed by atoms with E-state index in [0.717, 1.165) is 32.2 Å². The van der Waals surface area contributed by atoms with Crippen LogP contribution in [-0.2, 0) is 9.59 Å². The first kappa shape index (κ1) is 18.1. The Bertz CT molecular complexity index is 267. The van der Waals surface area contributed by atoms with E-state index in [2.05, 4.69) is 33.0 Å². The van der Waals surface area contributed by atoms with Crippen LogP contribution in [0.3, 0.4) is 0 Å². The average Bonchev–Trinajstić information content (AvgIpc) is 2.87. The third-order valence-electron chi connectivity index (χ3n) is 4.05. The fraction of sp³-hybridized carbons (Fsp3) is 0.875. The number of amides is 1. The molecule has 1 saturated carbocycles. The molecule has 0 radical (unpaired) electrons. The molecule has 0 spiro atoms. The first-order valence-corrected chi connectivity index (χ1v) is 7.24. The second-order valence-corrected chi connectivity index (χ2v) is 6.14. The molecule has 0 aromatic rings. The molecule has 19 heavy (non-hydrogen) atoms. The van der Waals surface area contributed by atoms with E-state index in [-0.39, 0.29) is 19.3 Å². The van der Waals surface area contributed by atoms with Gasteiger partial charge in [0.15, 0.2) is 0 Å². The molecule has 1 aliphatic heterocycles. The van der Waals surface area contributed by atoms with Crippen LogP contribution in [0.15, 0.2) is 0 Å². The van der Waals surface area contributed by atoms with Crippen LogP contribution in [0.1, 0.15) is 60.8 Å². The van der Waals surface area contributed by atoms with Gasteiger partial charge in [-0.05, 0) is 31.1 Å². The zero-order valence-electron chi connectivity index (χ0n) is 12.2. The van der Waals surface area contributed by atoms with Crippen molar-refractivity contribution in [2.24, 2.45) is 23.7 Å². The van der Waals surface area contributed by atoms with E-state index < -0.39 is 0 Å². The Kier molecular flexibility index (Phi) is 7.96. The van der Waals surface area contributed by atoms with Crippen LogP contribution in [0.5, 0.6) is 0 Å². The van der Waals surface area contributed by atoms with Crippen LogP contribution in [0.4, 0.5) is 0 Å². The minimum absolute atomic E-state index is 0. The lowest BCUT2D eigenvalue weighted by Gasteiger charge is -2.10. The van der Waals surface area contributed by atoms with Gasteiger partial charge in [0, 0.05) is 24.8 Å². The van der Waals surface area contributed by atoms with Gasteiger partial charge in [0.1, 0.15) is 5.78 Å². The van der Waals surface area contributed by atoms with Gasteiger partial charge in [-0.25, -0.2) is 0 Å². The summed E-state index contributed by atoms with van der Waals surface area (Å²) in [4.78, 5) is 21.9. The van der Waals surface area contributed by atoms with Gasteiger partial charge in [-0.3, -0.25) is 9.59 Å². The van der Waals surface area contributed by atoms with Gasteiger partial charge < -0.3 is 5.32 Å². The third-order valence-corrected chi connectivity index (χ3v) is 4.05. The molecule has 1 amide bonds. The molecule has 3 nitrogen and oxygen atoms in total. The summed E-state index contributed by atoms with van der Waals surface area (Å²) in [6.45, 7) is 9.33. The number of Topliss-reactive ketones (excluding diaryl/α,β-unsaturated/α-hetero) is 1. The lowest BCUT2D eigenvalue weighted by Crippen LogP contribution is -2.22. The Hall–Kier alpha value is -0.860. The standard InChI is InChI=1S/C8H14O.C7H13NO.CH4/c1-6(2)7-4-3-5-8(7)9;1-5(2)6-3-4-8-7(6)9;/h6-7H,3-5H2,1-2H3;5-6H,3-4H2,1-2H3,(H,8,9);1H4/t7-;6-;/m01./s1. The van der Waals surface area contributed by atoms with Gasteiger partial charge in [0.25, 0.3) is 0 Å². The molecule has 1 saturated heterocycles. The predicted octanol–water partition coefficient (Wildman–Crippen LogP) is 3.43. The third kappa shape index (κ3) is 5.33. The molecule has 1 heterocycles. The highest BCUT2D eigenvalue weighted by Crippen LogP contribution is 2.27. The Labute approximate surface area is 118 Å². The quantitative estimate of drug-likeness (QED) is 0.835. The van der Waals surface area contributed by atoms with Crippen molar-refractivity contribution in [3.8, 4) is 0 Å². The van der Waals surface area contributed by atoms with Crippen LogP contribution in [0.2, 0.25) is 0 Å². The molecule has 0 bridgehead atoms. The smallest absolute Gasteiger partial charge is 0.223 e. The molecule has 1 aliphatic carbocycles. The molecule has 112 valence electrons. The summed E-state index contributed by atoms with van der Waals surface area (Å²) < 4.78 is 0. The highest BCUT2D eigenvalue weighted by atomic mass is 16.2. The number of rotatable bonds is 2. The largest absolute Gasteiger partial charge is 0.356 e. The van der Waals surface area contributed by atoms with E-state index >= 15 is 0 Å². The summed E-state index contributed by atoms with van der Waals surface area (Å²) >= 11 is 0. The minimum atomic E-state index is 0. The van der Waals surface area contributed by atoms with Gasteiger partial charge >= 0.3 is 0 Å². The average molecular weight is 269 g/mol. The first-order chi connectivity index (χ1) is 8.43. The number of hydrogen-bond donors (Lipinski definition) is 1. The second kappa shape index (κ2) is 8.34. The van der Waals surface area contributed by atoms with Crippen molar-refractivity contribution in [3.63, 3.8) is 0 Å². The number of hydrogen-bond acceptors (Lipinski definition) is 2. The normalized spacial score (nSPS) is 26.0. The molecule has 0 unspecified atom stereocenters. The van der Waals surface area contributed by atoms with Crippen molar-refractivity contribution >= 4 is 11.7 Å². The summed E-state index contributed by atoms with van der Waals surface area (Å²) in [6, 6.07) is 0. The summed E-state index contributed by atoms with van der Waals surface area (Å²) in [5, 5.41) is 2.81. The Morgan fingerprint density at radius 2 is 1.58 bits per heavy atom. The first-order valence-electron chi connectivity index (χ1n) is 7.24. The molecular weight excluding hydrogens is 238 g/mol. The summed E-state index contributed by atoms with van der Waals surface area (Å²) in [6.07, 6.45) is 4.12. The topological polar surface area (TPSA) is 46.2 Å². The maximum atomic E-state index is 11.0. The molecule has 2 rings (SSSR count). The summed E-state index contributed by atoms with van der Waals surface area (Å²) in [5.74, 6) is 2.48. The Balaban J connectivity index is 0.000000324. The maximum Gasteiger partial charge on any atom is 0.223 e. The molecule has 0 aromatic carbocycles. The number of nitrogens with one attached hydrogen (secondary N) is 1. The van der Waals surface area contributed by atoms with Gasteiger partial charge in [-0.2, -0.15) is 0 Å². The van der Waals surface area contributed by atoms with Crippen molar-refractivity contribution in [1.29, 1.82) is 0 Å². The second-order valence-electron chi connectivity index (χ2n) is 6.14. The van der Waals surface area contributed by atoms with Gasteiger partial charge in [0.05, 0.1) is 0 Å². The molecule has 2 fully saturated rings. The van der Waals surface area contributed by atoms with Gasteiger partial charge in [-0.1, -0.05) is 35.1 Å². The summed E-state index contributed by atoms with van der Waals surface area (Å²) in [5.41, 5.74) is 0. The predicted molar refractivity (Wildman–Crippen MR) is 79.9 cm³/mol. The van der Waals surface area contributed by atoms with Crippen molar-refractivity contribution < 1.29 is 9.59 Å². The van der Waals surface area contributed by atoms with E-state index in [9.17, 15) is 9.59 Å². The van der Waals surface area contributed by atoms with Gasteiger partial charge in [0.2, 0.25) is 5.91 Å². The van der Waals surface area contributed by atoms with Crippen LogP contribution in [0, 0.1) is 23.7 Å². The number of ketones is 1. The molecule has 2 atom stereocenters. The van der Waals surface area contributed by atoms with E-state index in [1.54, 1.807) is 0 Å². The number of carbonyl (C=O) groups excluding carboxylic acids is 2. The molecule has 1 N–H and O–H groups in total.